The fourth-order valence-electron chi connectivity index (χ4n) is 0.754. The van der Waals surface area contributed by atoms with E-state index in [9.17, 15) is 4.79 Å². The van der Waals surface area contributed by atoms with Gasteiger partial charge in [-0.15, -0.1) is 0 Å². The fourth-order valence-corrected chi connectivity index (χ4v) is 0.754. The smallest absolute Gasteiger partial charge is 0.333 e. The quantitative estimate of drug-likeness (QED) is 0.461. The van der Waals surface area contributed by atoms with E-state index in [-0.39, 0.29) is 5.97 Å². The Morgan fingerprint density at radius 2 is 2.09 bits per heavy atom. The van der Waals surface area contributed by atoms with E-state index in [0.717, 1.165) is 18.4 Å². The van der Waals surface area contributed by atoms with Crippen molar-refractivity contribution in [1.82, 2.24) is 0 Å². The van der Waals surface area contributed by atoms with Crippen LogP contribution in [0, 0.1) is 0 Å². The van der Waals surface area contributed by atoms with Crippen LogP contribution in [0.5, 0.6) is 0 Å². The first-order chi connectivity index (χ1) is 5.26. The molecule has 0 fully saturated rings. The number of hydrogen-bond acceptors (Lipinski definition) is 2. The maximum Gasteiger partial charge on any atom is 0.333 e. The van der Waals surface area contributed by atoms with Gasteiger partial charge in [0.25, 0.3) is 0 Å². The summed E-state index contributed by atoms with van der Waals surface area (Å²) >= 11 is 0. The molecule has 0 saturated heterocycles. The van der Waals surface area contributed by atoms with Crippen LogP contribution in [0.3, 0.4) is 0 Å². The molecule has 0 aliphatic rings. The molecule has 0 amide bonds. The van der Waals surface area contributed by atoms with Gasteiger partial charge >= 0.3 is 5.97 Å². The summed E-state index contributed by atoms with van der Waals surface area (Å²) in [6, 6.07) is 0. The molecule has 0 bridgehead atoms. The zero-order valence-corrected chi connectivity index (χ0v) is 7.52. The van der Waals surface area contributed by atoms with Crippen molar-refractivity contribution in [2.24, 2.45) is 0 Å². The molecule has 0 atom stereocenters. The van der Waals surface area contributed by atoms with Crippen LogP contribution in [-0.4, -0.2) is 12.6 Å². The lowest BCUT2D eigenvalue weighted by atomic mass is 10.2. The molecule has 0 spiro atoms. The van der Waals surface area contributed by atoms with Crippen molar-refractivity contribution in [2.45, 2.75) is 33.6 Å². The van der Waals surface area contributed by atoms with E-state index in [1.54, 1.807) is 6.08 Å². The first-order valence-electron chi connectivity index (χ1n) is 4.08. The van der Waals surface area contributed by atoms with Crippen LogP contribution in [0.2, 0.25) is 0 Å². The average Bonchev–Trinajstić information content (AvgIpc) is 2.03. The molecular weight excluding hydrogens is 140 g/mol. The van der Waals surface area contributed by atoms with Gasteiger partial charge in [0.2, 0.25) is 0 Å². The molecule has 0 rings (SSSR count). The molecule has 11 heavy (non-hydrogen) atoms. The minimum Gasteiger partial charge on any atom is -0.462 e. The van der Waals surface area contributed by atoms with Gasteiger partial charge < -0.3 is 4.74 Å². The molecule has 2 heteroatoms. The maximum atomic E-state index is 11.1. The molecule has 0 heterocycles. The summed E-state index contributed by atoms with van der Waals surface area (Å²) in [7, 11) is 0. The number of allylic oxidation sites excluding steroid dienone is 1. The number of esters is 1. The van der Waals surface area contributed by atoms with Gasteiger partial charge in [-0.1, -0.05) is 19.9 Å². The summed E-state index contributed by atoms with van der Waals surface area (Å²) in [5, 5.41) is 0. The van der Waals surface area contributed by atoms with E-state index in [1.807, 2.05) is 20.8 Å². The number of carbonyl (C=O) groups excluding carboxylic acids is 1. The van der Waals surface area contributed by atoms with E-state index >= 15 is 0 Å². The second-order valence-electron chi connectivity index (χ2n) is 2.30. The summed E-state index contributed by atoms with van der Waals surface area (Å²) in [6.07, 6.45) is 3.43. The first kappa shape index (κ1) is 10.2. The van der Waals surface area contributed by atoms with Crippen molar-refractivity contribution in [2.75, 3.05) is 6.61 Å². The molecule has 0 saturated carbocycles. The van der Waals surface area contributed by atoms with Gasteiger partial charge in [0, 0.05) is 5.57 Å². The molecule has 64 valence electrons. The molecule has 0 aromatic rings. The van der Waals surface area contributed by atoms with E-state index in [4.69, 9.17) is 4.74 Å². The van der Waals surface area contributed by atoms with Crippen LogP contribution in [0.25, 0.3) is 0 Å². The molecule has 0 aromatic carbocycles. The Hall–Kier alpha value is -0.790. The highest BCUT2D eigenvalue weighted by molar-refractivity contribution is 5.88. The zero-order valence-electron chi connectivity index (χ0n) is 7.52. The normalized spacial score (nSPS) is 11.4. The molecule has 0 aliphatic carbocycles. The third-order valence-electron chi connectivity index (χ3n) is 1.43. The summed E-state index contributed by atoms with van der Waals surface area (Å²) < 4.78 is 4.93. The van der Waals surface area contributed by atoms with Gasteiger partial charge in [0.05, 0.1) is 6.61 Å². The minimum atomic E-state index is -0.170. The van der Waals surface area contributed by atoms with Gasteiger partial charge in [0.15, 0.2) is 0 Å². The first-order valence-corrected chi connectivity index (χ1v) is 4.08. The van der Waals surface area contributed by atoms with Gasteiger partial charge in [-0.25, -0.2) is 4.79 Å². The Balaban J connectivity index is 3.81. The van der Waals surface area contributed by atoms with Crippen LogP contribution in [-0.2, 0) is 9.53 Å². The SMILES string of the molecule is CC=C(CC)C(=O)OCCC. The predicted molar refractivity (Wildman–Crippen MR) is 45.3 cm³/mol. The highest BCUT2D eigenvalue weighted by atomic mass is 16.5. The van der Waals surface area contributed by atoms with Gasteiger partial charge in [-0.3, -0.25) is 0 Å². The Labute approximate surface area is 68.2 Å². The standard InChI is InChI=1S/C9H16O2/c1-4-7-11-9(10)8(5-2)6-3/h5H,4,6-7H2,1-3H3. The lowest BCUT2D eigenvalue weighted by Crippen LogP contribution is -2.07. The van der Waals surface area contributed by atoms with E-state index in [1.165, 1.54) is 0 Å². The number of carbonyl (C=O) groups is 1. The highest BCUT2D eigenvalue weighted by Crippen LogP contribution is 2.02. The van der Waals surface area contributed by atoms with Crippen LogP contribution < -0.4 is 0 Å². The van der Waals surface area contributed by atoms with Gasteiger partial charge in [-0.2, -0.15) is 0 Å². The third-order valence-corrected chi connectivity index (χ3v) is 1.43. The second kappa shape index (κ2) is 5.96. The van der Waals surface area contributed by atoms with Crippen molar-refractivity contribution < 1.29 is 9.53 Å². The lowest BCUT2D eigenvalue weighted by molar-refractivity contribution is -0.139. The van der Waals surface area contributed by atoms with Crippen molar-refractivity contribution in [1.29, 1.82) is 0 Å². The van der Waals surface area contributed by atoms with E-state index < -0.39 is 0 Å². The minimum absolute atomic E-state index is 0.170. The van der Waals surface area contributed by atoms with Crippen molar-refractivity contribution in [3.05, 3.63) is 11.6 Å². The van der Waals surface area contributed by atoms with Gasteiger partial charge in [0.1, 0.15) is 0 Å². The topological polar surface area (TPSA) is 26.3 Å². The number of rotatable bonds is 4. The summed E-state index contributed by atoms with van der Waals surface area (Å²) in [4.78, 5) is 11.1. The molecule has 0 unspecified atom stereocenters. The highest BCUT2D eigenvalue weighted by Gasteiger charge is 2.05. The van der Waals surface area contributed by atoms with Crippen LogP contribution in [0.1, 0.15) is 33.6 Å². The Morgan fingerprint density at radius 3 is 2.45 bits per heavy atom. The molecule has 2 nitrogen and oxygen atoms in total. The Kier molecular flexibility index (Phi) is 5.53. The van der Waals surface area contributed by atoms with E-state index in [0.29, 0.717) is 6.61 Å². The Bertz CT molecular complexity index is 148. The summed E-state index contributed by atoms with van der Waals surface area (Å²) in [6.45, 7) is 6.30. The molecule has 0 N–H and O–H groups in total. The molecule has 0 aliphatic heterocycles. The monoisotopic (exact) mass is 156 g/mol. The van der Waals surface area contributed by atoms with E-state index in [2.05, 4.69) is 0 Å². The largest absolute Gasteiger partial charge is 0.462 e. The number of hydrogen-bond donors (Lipinski definition) is 0. The number of ether oxygens (including phenoxy) is 1. The Morgan fingerprint density at radius 1 is 1.45 bits per heavy atom. The molecule has 0 radical (unpaired) electrons. The molecular formula is C9H16O2. The predicted octanol–water partition coefficient (Wildman–Crippen LogP) is 2.30. The van der Waals surface area contributed by atoms with Crippen molar-refractivity contribution in [3.63, 3.8) is 0 Å². The summed E-state index contributed by atoms with van der Waals surface area (Å²) in [5.41, 5.74) is 0.762. The zero-order chi connectivity index (χ0) is 8.69. The van der Waals surface area contributed by atoms with Crippen LogP contribution in [0.15, 0.2) is 11.6 Å². The van der Waals surface area contributed by atoms with Crippen molar-refractivity contribution >= 4 is 5.97 Å². The van der Waals surface area contributed by atoms with Crippen LogP contribution in [0.4, 0.5) is 0 Å². The third kappa shape index (κ3) is 3.81. The van der Waals surface area contributed by atoms with Crippen LogP contribution >= 0.6 is 0 Å². The maximum absolute atomic E-state index is 11.1. The second-order valence-corrected chi connectivity index (χ2v) is 2.30. The molecule has 0 aromatic heterocycles. The summed E-state index contributed by atoms with van der Waals surface area (Å²) in [5.74, 6) is -0.170. The van der Waals surface area contributed by atoms with Gasteiger partial charge in [-0.05, 0) is 19.8 Å². The average molecular weight is 156 g/mol. The van der Waals surface area contributed by atoms with Crippen molar-refractivity contribution in [3.8, 4) is 0 Å². The lowest BCUT2D eigenvalue weighted by Gasteiger charge is -2.03. The fraction of sp³-hybridized carbons (Fsp3) is 0.667.